The Kier molecular flexibility index (Phi) is 20.8. The van der Waals surface area contributed by atoms with Crippen molar-refractivity contribution in [3.05, 3.63) is 248 Å². The normalized spacial score (nSPS) is 13.7. The first-order valence-corrected chi connectivity index (χ1v) is 37.4. The van der Waals surface area contributed by atoms with Gasteiger partial charge in [0.05, 0.1) is 12.1 Å². The third kappa shape index (κ3) is 13.8. The van der Waals surface area contributed by atoms with E-state index in [1.165, 1.54) is 40.6 Å². The fourth-order valence-corrected chi connectivity index (χ4v) is 14.1. The summed E-state index contributed by atoms with van der Waals surface area (Å²) < 4.78 is 19.2. The molecule has 0 amide bonds. The van der Waals surface area contributed by atoms with Crippen molar-refractivity contribution in [1.29, 1.82) is 0 Å². The Morgan fingerprint density at radius 3 is 0.917 bits per heavy atom. The maximum Gasteiger partial charge on any atom is 0.256 e. The first-order chi connectivity index (χ1) is 57.9. The molecule has 600 valence electrons. The number of benzene rings is 7. The minimum atomic E-state index is -0.738. The van der Waals surface area contributed by atoms with Crippen molar-refractivity contribution in [3.63, 3.8) is 0 Å². The van der Waals surface area contributed by atoms with Crippen LogP contribution in [0.3, 0.4) is 0 Å². The van der Waals surface area contributed by atoms with Crippen LogP contribution in [0.2, 0.25) is 0 Å². The van der Waals surface area contributed by atoms with E-state index < -0.39 is 86.8 Å². The van der Waals surface area contributed by atoms with E-state index in [0.29, 0.717) is 107 Å². The SMILES string of the molecule is CC(C)n1nc2c(n1)-c1ccc(F)cc1C(=O)C2=O.CC(C)n1nc2c(n1)-c1ccccc1C(=O)C2=O.CC(C)n1nnc2c1-c1ccccc1C(=O)C2=O.CC(C)n1nnc2c1C(=O)C(=O)c1ccccc1-2.Cn1nc2c(n1)-c1ccccc1C(=O)C2=O.Cn1nnc2c1-c1ccccc1C(=O)C2=O.Cn1nnc2c1C(=O)C(=O)c1ccccc1-2. The summed E-state index contributed by atoms with van der Waals surface area (Å²) in [5.74, 6) is -8.42. The van der Waals surface area contributed by atoms with Crippen molar-refractivity contribution in [1.82, 2.24) is 105 Å². The predicted molar refractivity (Wildman–Crippen MR) is 423 cm³/mol. The summed E-state index contributed by atoms with van der Waals surface area (Å²) in [4.78, 5) is 171. The van der Waals surface area contributed by atoms with Crippen LogP contribution in [0.4, 0.5) is 4.39 Å². The second-order valence-electron chi connectivity index (χ2n) is 29.1. The highest BCUT2D eigenvalue weighted by Crippen LogP contribution is 2.39. The van der Waals surface area contributed by atoms with Gasteiger partial charge >= 0.3 is 0 Å². The number of aromatic nitrogens is 21. The van der Waals surface area contributed by atoms with E-state index in [1.807, 2.05) is 85.7 Å². The highest BCUT2D eigenvalue weighted by Gasteiger charge is 2.42. The number of halogens is 1. The Morgan fingerprint density at radius 1 is 0.231 bits per heavy atom. The fourth-order valence-electron chi connectivity index (χ4n) is 14.1. The summed E-state index contributed by atoms with van der Waals surface area (Å²) in [7, 11) is 4.93. The third-order valence-electron chi connectivity index (χ3n) is 19.9. The van der Waals surface area contributed by atoms with Gasteiger partial charge in [-0.3, -0.25) is 67.1 Å². The Morgan fingerprint density at radius 2 is 0.496 bits per heavy atom. The summed E-state index contributed by atoms with van der Waals surface area (Å²) in [5.41, 5.74) is 11.9. The lowest BCUT2D eigenvalue weighted by Crippen LogP contribution is -2.24. The summed E-state index contributed by atoms with van der Waals surface area (Å²) >= 11 is 0. The Hall–Kier alpha value is -16.2. The largest absolute Gasteiger partial charge is 0.285 e. The lowest BCUT2D eigenvalue weighted by atomic mass is 9.90. The number of aryl methyl sites for hydroxylation is 3. The molecule has 7 heterocycles. The van der Waals surface area contributed by atoms with Crippen LogP contribution < -0.4 is 0 Å². The van der Waals surface area contributed by atoms with Crippen LogP contribution in [-0.4, -0.2) is 186 Å². The third-order valence-corrected chi connectivity index (χ3v) is 19.9. The molecule has 7 aromatic heterocycles. The van der Waals surface area contributed by atoms with E-state index in [0.717, 1.165) is 17.2 Å². The van der Waals surface area contributed by atoms with Gasteiger partial charge in [-0.25, -0.2) is 23.1 Å². The van der Waals surface area contributed by atoms with Gasteiger partial charge in [0.2, 0.25) is 40.5 Å². The van der Waals surface area contributed by atoms with Crippen molar-refractivity contribution in [2.24, 2.45) is 21.1 Å². The van der Waals surface area contributed by atoms with E-state index in [1.54, 1.807) is 141 Å². The van der Waals surface area contributed by atoms with Gasteiger partial charge in [0.1, 0.15) is 57.1 Å². The molecule has 121 heavy (non-hydrogen) atoms. The number of carbonyl (C=O) groups is 14. The molecule has 7 aliphatic rings. The second-order valence-corrected chi connectivity index (χ2v) is 29.1. The second kappa shape index (κ2) is 31.5. The van der Waals surface area contributed by atoms with Crippen molar-refractivity contribution < 1.29 is 71.5 Å². The fraction of sp³-hybridized carbons (Fsp3) is 0.176. The monoisotopic (exact) mass is 1620 g/mol. The minimum absolute atomic E-state index is 0.0109. The van der Waals surface area contributed by atoms with Crippen LogP contribution in [0.25, 0.3) is 78.8 Å². The summed E-state index contributed by atoms with van der Waals surface area (Å²) in [6.45, 7) is 15.3. The predicted octanol–water partition coefficient (Wildman–Crippen LogP) is 10.3. The molecule has 0 aliphatic heterocycles. The topological polar surface area (TPSA) is 454 Å². The van der Waals surface area contributed by atoms with Gasteiger partial charge in [0.25, 0.3) is 40.5 Å². The van der Waals surface area contributed by atoms with E-state index in [9.17, 15) is 71.5 Å². The van der Waals surface area contributed by atoms with E-state index in [4.69, 9.17) is 0 Å². The Bertz CT molecular complexity index is 6790. The lowest BCUT2D eigenvalue weighted by Gasteiger charge is -2.16. The van der Waals surface area contributed by atoms with Gasteiger partial charge in [-0.05, 0) is 73.6 Å². The zero-order valence-electron chi connectivity index (χ0n) is 65.9. The standard InChI is InChI=1S/C13H10FN3O2.3C13H11N3O2.3C11H7N3O2/c1-6(2)17-15-10-8-4-3-7(14)5-9(8)12(18)13(19)11(10)16-17;1-7(2)16-11-8-5-3-4-6-9(8)12(17)13(18)10(11)14-15-16;1-7(2)16-11-10(14-15-16)8-5-3-4-6-9(8)12(17)13(11)18;1-7(2)16-14-10-8-5-3-4-6-9(8)12(17)13(18)11(10)15-16;1-14-9-6-4-2-3-5-7(6)10(15)11(16)8(9)12-13-14;1-14-9-8(12-13-14)6-4-2-3-5-7(6)10(15)11(9)16;1-14-12-8-6-4-2-3-5-7(6)10(15)11(16)9(8)13-14/h3-6H,1-2H3;3*3-7H,1-2H3;3*2-5H,1H3. The molecule has 7 aliphatic carbocycles. The molecule has 36 heteroatoms. The average molecular weight is 1620 g/mol. The average Bonchev–Trinajstić information content (AvgIpc) is 1.61. The van der Waals surface area contributed by atoms with Gasteiger partial charge < -0.3 is 0 Å². The highest BCUT2D eigenvalue weighted by molar-refractivity contribution is 6.56. The van der Waals surface area contributed by atoms with Gasteiger partial charge in [-0.15, -0.1) is 35.7 Å². The number of fused-ring (bicyclic) bond motifs is 21. The van der Waals surface area contributed by atoms with Crippen LogP contribution in [-0.2, 0) is 21.1 Å². The molecule has 0 spiro atoms. The van der Waals surface area contributed by atoms with Crippen LogP contribution in [0.1, 0.15) is 225 Å². The highest BCUT2D eigenvalue weighted by atomic mass is 19.1. The molecule has 0 saturated carbocycles. The molecule has 0 fully saturated rings. The maximum absolute atomic E-state index is 13.2. The summed E-state index contributed by atoms with van der Waals surface area (Å²) in [5, 5.41) is 55.8. The molecule has 14 aromatic rings. The quantitative estimate of drug-likeness (QED) is 0.148. The molecule has 21 rings (SSSR count). The number of hydrogen-bond donors (Lipinski definition) is 0. The van der Waals surface area contributed by atoms with E-state index in [-0.39, 0.29) is 63.9 Å². The number of Topliss-reactive ketones (excluding diaryl/α,β-unsaturated/α-hetero) is 14. The first-order valence-electron chi connectivity index (χ1n) is 37.4. The zero-order chi connectivity index (χ0) is 86.2. The number of carbonyl (C=O) groups excluding carboxylic acids is 14. The van der Waals surface area contributed by atoms with Gasteiger partial charge in [-0.1, -0.05) is 166 Å². The lowest BCUT2D eigenvalue weighted by molar-refractivity contribution is 0.0808. The van der Waals surface area contributed by atoms with Crippen molar-refractivity contribution in [2.75, 3.05) is 0 Å². The molecule has 0 atom stereocenters. The number of hydrogen-bond acceptors (Lipinski definition) is 28. The van der Waals surface area contributed by atoms with E-state index >= 15 is 0 Å². The molecule has 35 nitrogen and oxygen atoms in total. The molecule has 0 N–H and O–H groups in total. The molecule has 0 saturated heterocycles. The van der Waals surface area contributed by atoms with Crippen LogP contribution in [0.5, 0.6) is 0 Å². The maximum atomic E-state index is 13.2. The van der Waals surface area contributed by atoms with Crippen molar-refractivity contribution in [2.45, 2.75) is 79.6 Å². The number of rotatable bonds is 4. The minimum Gasteiger partial charge on any atom is -0.285 e. The zero-order valence-corrected chi connectivity index (χ0v) is 65.9. The van der Waals surface area contributed by atoms with Crippen LogP contribution >= 0.6 is 0 Å². The summed E-state index contributed by atoms with van der Waals surface area (Å²) in [6.07, 6.45) is 0. The summed E-state index contributed by atoms with van der Waals surface area (Å²) in [6, 6.07) is 45.8. The molecule has 0 radical (unpaired) electrons. The Labute approximate surface area is 682 Å². The molecular weight excluding hydrogens is 1560 g/mol. The number of nitrogens with zero attached hydrogens (tertiary/aromatic N) is 21. The Balaban J connectivity index is 0.000000110. The molecule has 0 unspecified atom stereocenters. The van der Waals surface area contributed by atoms with Crippen molar-refractivity contribution >= 4 is 81.0 Å². The molecular formula is C85H64FN21O14. The first kappa shape index (κ1) is 80.0. The molecule has 0 bridgehead atoms. The van der Waals surface area contributed by atoms with E-state index in [2.05, 4.69) is 71.8 Å². The molecule has 7 aromatic carbocycles. The van der Waals surface area contributed by atoms with Gasteiger partial charge in [-0.2, -0.15) is 29.7 Å². The number of ketones is 14. The van der Waals surface area contributed by atoms with Gasteiger partial charge in [0, 0.05) is 111 Å². The smallest absolute Gasteiger partial charge is 0.256 e. The van der Waals surface area contributed by atoms with Crippen LogP contribution in [0, 0.1) is 5.82 Å². The van der Waals surface area contributed by atoms with Crippen molar-refractivity contribution in [3.8, 4) is 78.8 Å². The van der Waals surface area contributed by atoms with Crippen LogP contribution in [0.15, 0.2) is 164 Å². The van der Waals surface area contributed by atoms with Gasteiger partial charge in [0.15, 0.2) is 28.5 Å².